The summed E-state index contributed by atoms with van der Waals surface area (Å²) in [5.74, 6) is -0.660. The van der Waals surface area contributed by atoms with Gasteiger partial charge in [0.15, 0.2) is 5.75 Å². The highest BCUT2D eigenvalue weighted by atomic mass is 35.5. The third-order valence-corrected chi connectivity index (χ3v) is 6.68. The van der Waals surface area contributed by atoms with Gasteiger partial charge in [-0.2, -0.15) is 0 Å². The van der Waals surface area contributed by atoms with Crippen LogP contribution in [0.4, 0.5) is 14.9 Å². The molecule has 0 aliphatic carbocycles. The molecule has 1 fully saturated rings. The molecule has 0 saturated carbocycles. The van der Waals surface area contributed by atoms with Crippen LogP contribution < -0.4 is 14.8 Å². The van der Waals surface area contributed by atoms with Gasteiger partial charge in [0.25, 0.3) is 11.1 Å². The van der Waals surface area contributed by atoms with Gasteiger partial charge < -0.3 is 14.8 Å². The van der Waals surface area contributed by atoms with Crippen molar-refractivity contribution in [1.29, 1.82) is 0 Å². The Hall–Kier alpha value is -3.53. The number of ether oxygens (including phenoxy) is 2. The summed E-state index contributed by atoms with van der Waals surface area (Å²) in [4.78, 5) is 38.7. The summed E-state index contributed by atoms with van der Waals surface area (Å²) in [6.07, 6.45) is 1.46. The van der Waals surface area contributed by atoms with Crippen LogP contribution in [0.2, 0.25) is 10.0 Å². The van der Waals surface area contributed by atoms with Crippen molar-refractivity contribution in [2.24, 2.45) is 0 Å². The van der Waals surface area contributed by atoms with E-state index >= 15 is 0 Å². The maximum Gasteiger partial charge on any atom is 0.294 e. The number of amides is 3. The van der Waals surface area contributed by atoms with Crippen molar-refractivity contribution in [3.63, 3.8) is 0 Å². The molecule has 0 unspecified atom stereocenters. The zero-order valence-electron chi connectivity index (χ0n) is 20.0. The van der Waals surface area contributed by atoms with Crippen LogP contribution in [-0.2, 0) is 16.2 Å². The number of hydrogen-bond donors (Lipinski definition) is 1. The van der Waals surface area contributed by atoms with Crippen molar-refractivity contribution < 1.29 is 28.2 Å². The van der Waals surface area contributed by atoms with Crippen LogP contribution in [0.1, 0.15) is 18.1 Å². The highest BCUT2D eigenvalue weighted by molar-refractivity contribution is 8.18. The summed E-state index contributed by atoms with van der Waals surface area (Å²) in [7, 11) is 0. The van der Waals surface area contributed by atoms with E-state index in [9.17, 15) is 18.8 Å². The second kappa shape index (κ2) is 12.3. The lowest BCUT2D eigenvalue weighted by Crippen LogP contribution is -2.36. The molecule has 1 N–H and O–H groups in total. The Morgan fingerprint density at radius 2 is 1.76 bits per heavy atom. The zero-order chi connectivity index (χ0) is 27.2. The van der Waals surface area contributed by atoms with Crippen molar-refractivity contribution in [2.75, 3.05) is 18.5 Å². The number of thioether (sulfide) groups is 1. The van der Waals surface area contributed by atoms with E-state index in [-0.39, 0.29) is 33.1 Å². The third-order valence-electron chi connectivity index (χ3n) is 5.21. The average Bonchev–Trinajstić information content (AvgIpc) is 3.12. The number of rotatable bonds is 9. The van der Waals surface area contributed by atoms with Gasteiger partial charge in [-0.3, -0.25) is 19.3 Å². The van der Waals surface area contributed by atoms with Crippen LogP contribution in [0.15, 0.2) is 65.6 Å². The molecule has 1 heterocycles. The first kappa shape index (κ1) is 27.5. The lowest BCUT2D eigenvalue weighted by atomic mass is 10.2. The molecule has 3 aromatic rings. The predicted molar refractivity (Wildman–Crippen MR) is 146 cm³/mol. The summed E-state index contributed by atoms with van der Waals surface area (Å²) < 4.78 is 24.4. The van der Waals surface area contributed by atoms with Crippen LogP contribution in [-0.4, -0.2) is 35.1 Å². The molecule has 4 rings (SSSR count). The van der Waals surface area contributed by atoms with Gasteiger partial charge in [-0.1, -0.05) is 35.3 Å². The molecule has 11 heteroatoms. The molecule has 7 nitrogen and oxygen atoms in total. The van der Waals surface area contributed by atoms with E-state index < -0.39 is 23.6 Å². The number of nitrogens with zero attached hydrogens (tertiary/aromatic N) is 1. The maximum atomic E-state index is 13.4. The number of hydrogen-bond acceptors (Lipinski definition) is 6. The summed E-state index contributed by atoms with van der Waals surface area (Å²) in [6, 6.07) is 15.7. The first-order valence-electron chi connectivity index (χ1n) is 11.4. The van der Waals surface area contributed by atoms with Crippen molar-refractivity contribution >= 4 is 63.8 Å². The topological polar surface area (TPSA) is 84.9 Å². The Morgan fingerprint density at radius 3 is 2.42 bits per heavy atom. The first-order valence-corrected chi connectivity index (χ1v) is 12.9. The van der Waals surface area contributed by atoms with Gasteiger partial charge in [0, 0.05) is 5.69 Å². The molecule has 0 spiro atoms. The summed E-state index contributed by atoms with van der Waals surface area (Å²) in [6.45, 7) is 1.99. The van der Waals surface area contributed by atoms with Crippen molar-refractivity contribution in [1.82, 2.24) is 4.90 Å². The van der Waals surface area contributed by atoms with Crippen LogP contribution >= 0.6 is 35.0 Å². The fraction of sp³-hybridized carbons (Fsp3) is 0.148. The molecule has 0 atom stereocenters. The second-order valence-electron chi connectivity index (χ2n) is 8.01. The van der Waals surface area contributed by atoms with Gasteiger partial charge >= 0.3 is 0 Å². The van der Waals surface area contributed by atoms with E-state index in [0.717, 1.165) is 4.90 Å². The minimum Gasteiger partial charge on any atom is -0.494 e. The predicted octanol–water partition coefficient (Wildman–Crippen LogP) is 6.79. The summed E-state index contributed by atoms with van der Waals surface area (Å²) in [5.41, 5.74) is 1.56. The molecule has 3 amide bonds. The molecule has 0 radical (unpaired) electrons. The Labute approximate surface area is 232 Å². The Kier molecular flexibility index (Phi) is 8.93. The average molecular weight is 575 g/mol. The Balaban J connectivity index is 1.40. The maximum absolute atomic E-state index is 13.4. The fourth-order valence-corrected chi connectivity index (χ4v) is 4.97. The zero-order valence-corrected chi connectivity index (χ0v) is 22.3. The number of anilines is 1. The van der Waals surface area contributed by atoms with Crippen molar-refractivity contribution in [3.8, 4) is 11.5 Å². The number of carbonyl (C=O) groups is 3. The van der Waals surface area contributed by atoms with Gasteiger partial charge in [0.1, 0.15) is 24.7 Å². The highest BCUT2D eigenvalue weighted by Gasteiger charge is 2.36. The summed E-state index contributed by atoms with van der Waals surface area (Å²) >= 11 is 13.4. The smallest absolute Gasteiger partial charge is 0.294 e. The van der Waals surface area contributed by atoms with E-state index in [4.69, 9.17) is 32.7 Å². The Morgan fingerprint density at radius 1 is 1.05 bits per heavy atom. The van der Waals surface area contributed by atoms with Gasteiger partial charge in [0.2, 0.25) is 5.91 Å². The van der Waals surface area contributed by atoms with Crippen LogP contribution in [0.25, 0.3) is 6.08 Å². The number of carbonyl (C=O) groups excluding carboxylic acids is 3. The standard InChI is InChI=1S/C27H21Cl2FN2O5S/c1-2-36-20-8-6-19(7-9-20)31-24(33)14-32-26(34)23(38-27(32)35)13-17-11-21(28)25(22(29)12-17)37-15-16-4-3-5-18(30)10-16/h3-13H,2,14-15H2,1H3,(H,31,33)/b23-13+. The van der Waals surface area contributed by atoms with E-state index in [1.54, 1.807) is 36.4 Å². The fourth-order valence-electron chi connectivity index (χ4n) is 3.52. The quantitative estimate of drug-likeness (QED) is 0.283. The number of benzene rings is 3. The summed E-state index contributed by atoms with van der Waals surface area (Å²) in [5, 5.41) is 2.43. The van der Waals surface area contributed by atoms with E-state index in [0.29, 0.717) is 40.9 Å². The van der Waals surface area contributed by atoms with E-state index in [1.807, 2.05) is 6.92 Å². The molecule has 0 aromatic heterocycles. The first-order chi connectivity index (χ1) is 18.2. The highest BCUT2D eigenvalue weighted by Crippen LogP contribution is 2.37. The number of imide groups is 1. The number of halogens is 3. The van der Waals surface area contributed by atoms with Crippen LogP contribution in [0, 0.1) is 5.82 Å². The lowest BCUT2D eigenvalue weighted by molar-refractivity contribution is -0.127. The Bertz CT molecular complexity index is 1390. The van der Waals surface area contributed by atoms with Crippen LogP contribution in [0.5, 0.6) is 11.5 Å². The van der Waals surface area contributed by atoms with E-state index in [2.05, 4.69) is 5.32 Å². The molecule has 1 aliphatic heterocycles. The molecule has 196 valence electrons. The molecule has 38 heavy (non-hydrogen) atoms. The van der Waals surface area contributed by atoms with Gasteiger partial charge in [0.05, 0.1) is 21.6 Å². The van der Waals surface area contributed by atoms with Crippen molar-refractivity contribution in [3.05, 3.63) is 92.6 Å². The molecule has 3 aromatic carbocycles. The second-order valence-corrected chi connectivity index (χ2v) is 9.81. The van der Waals surface area contributed by atoms with Crippen LogP contribution in [0.3, 0.4) is 0 Å². The van der Waals surface area contributed by atoms with Crippen molar-refractivity contribution in [2.45, 2.75) is 13.5 Å². The molecule has 0 bridgehead atoms. The third kappa shape index (κ3) is 6.86. The normalized spacial score (nSPS) is 14.2. The monoisotopic (exact) mass is 574 g/mol. The molecule has 1 aliphatic rings. The largest absolute Gasteiger partial charge is 0.494 e. The van der Waals surface area contributed by atoms with E-state index in [1.165, 1.54) is 30.3 Å². The molecular weight excluding hydrogens is 554 g/mol. The van der Waals surface area contributed by atoms with Gasteiger partial charge in [-0.15, -0.1) is 0 Å². The lowest BCUT2D eigenvalue weighted by Gasteiger charge is -2.13. The molecule has 1 saturated heterocycles. The minimum atomic E-state index is -0.611. The van der Waals surface area contributed by atoms with Gasteiger partial charge in [-0.05, 0) is 84.4 Å². The molecular formula is C27H21Cl2FN2O5S. The van der Waals surface area contributed by atoms with Gasteiger partial charge in [-0.25, -0.2) is 4.39 Å². The minimum absolute atomic E-state index is 0.0498. The number of nitrogens with one attached hydrogen (secondary N) is 1. The SMILES string of the molecule is CCOc1ccc(NC(=O)CN2C(=O)S/C(=C/c3cc(Cl)c(OCc4cccc(F)c4)c(Cl)c3)C2=O)cc1.